The number of benzene rings is 1. The molecule has 1 aliphatic heterocycles. The number of allylic oxidation sites excluding steroid dienone is 1. The minimum Gasteiger partial charge on any atom is -0.489 e. The number of rotatable bonds is 15. The molecule has 1 aliphatic rings. The highest BCUT2D eigenvalue weighted by Gasteiger charge is 2.44. The maximum Gasteiger partial charge on any atom is 0.150 e. The predicted octanol–water partition coefficient (Wildman–Crippen LogP) is 6.45. The van der Waals surface area contributed by atoms with Crippen LogP contribution >= 0.6 is 0 Å². The van der Waals surface area contributed by atoms with Crippen LogP contribution in [0.3, 0.4) is 0 Å². The van der Waals surface area contributed by atoms with Crippen LogP contribution in [0, 0.1) is 5.92 Å². The molecule has 0 spiro atoms. The van der Waals surface area contributed by atoms with E-state index in [1.165, 1.54) is 0 Å². The second-order valence-corrected chi connectivity index (χ2v) is 8.97. The summed E-state index contributed by atoms with van der Waals surface area (Å²) in [5.74, 6) is 0.886. The Labute approximate surface area is 200 Å². The third-order valence-electron chi connectivity index (χ3n) is 6.33. The molecule has 0 radical (unpaired) electrons. The molecular weight excluding hydrogens is 416 g/mol. The van der Waals surface area contributed by atoms with E-state index in [4.69, 9.17) is 18.9 Å². The second-order valence-electron chi connectivity index (χ2n) is 8.97. The van der Waals surface area contributed by atoms with E-state index in [1.54, 1.807) is 0 Å². The maximum atomic E-state index is 11.7. The highest BCUT2D eigenvalue weighted by atomic mass is 16.6. The Morgan fingerprint density at radius 2 is 1.61 bits per heavy atom. The van der Waals surface area contributed by atoms with Crippen LogP contribution in [-0.2, 0) is 18.9 Å². The van der Waals surface area contributed by atoms with Gasteiger partial charge >= 0.3 is 0 Å². The van der Waals surface area contributed by atoms with Gasteiger partial charge in [-0.3, -0.25) is 4.79 Å². The van der Waals surface area contributed by atoms with Gasteiger partial charge in [0.1, 0.15) is 18.0 Å². The Kier molecular flexibility index (Phi) is 12.7. The summed E-state index contributed by atoms with van der Waals surface area (Å²) in [7, 11) is 0. The van der Waals surface area contributed by atoms with Crippen LogP contribution < -0.4 is 0 Å². The molecule has 1 fully saturated rings. The van der Waals surface area contributed by atoms with Crippen molar-refractivity contribution in [3.05, 3.63) is 41.2 Å². The van der Waals surface area contributed by atoms with E-state index in [0.717, 1.165) is 68.3 Å². The fourth-order valence-electron chi connectivity index (χ4n) is 4.11. The fraction of sp³-hybridized carbons (Fsp3) is 0.679. The lowest BCUT2D eigenvalue weighted by Crippen LogP contribution is -2.51. The molecule has 0 amide bonds. The molecule has 0 aromatic heterocycles. The Morgan fingerprint density at radius 1 is 0.970 bits per heavy atom. The van der Waals surface area contributed by atoms with Gasteiger partial charge in [0, 0.05) is 31.3 Å². The standard InChI is InChI=1S/C28H44O5/c1-6-9-16-30-20-25-22(5)26(31-17-10-7-2)28(32-18-11-8-3)27(33-25)21(4)24-15-13-12-14-23(24)19-29/h12-15,19,22,25-26,28H,6-11,16-18,20H2,1-5H3/b27-21+/t22-,25-,26+,28-/m1/s1. The van der Waals surface area contributed by atoms with Crippen molar-refractivity contribution in [1.29, 1.82) is 0 Å². The molecule has 0 N–H and O–H groups in total. The summed E-state index contributed by atoms with van der Waals surface area (Å²) in [6, 6.07) is 7.64. The summed E-state index contributed by atoms with van der Waals surface area (Å²) in [5, 5.41) is 0. The van der Waals surface area contributed by atoms with Crippen LogP contribution in [0.2, 0.25) is 0 Å². The van der Waals surface area contributed by atoms with Gasteiger partial charge in [-0.25, -0.2) is 0 Å². The minimum absolute atomic E-state index is 0.118. The summed E-state index contributed by atoms with van der Waals surface area (Å²) in [6.07, 6.45) is 6.60. The SMILES string of the molecule is CCCCOC[C@H]1O/C(=C(\C)c2ccccc2C=O)[C@H](OCCCC)[C@@H](OCCCC)[C@@H]1C. The first-order chi connectivity index (χ1) is 16.1. The van der Waals surface area contributed by atoms with E-state index >= 15 is 0 Å². The maximum absolute atomic E-state index is 11.7. The lowest BCUT2D eigenvalue weighted by atomic mass is 9.87. The molecule has 5 nitrogen and oxygen atoms in total. The molecule has 5 heteroatoms. The van der Waals surface area contributed by atoms with Gasteiger partial charge in [0.25, 0.3) is 0 Å². The van der Waals surface area contributed by atoms with Gasteiger partial charge in [-0.15, -0.1) is 0 Å². The van der Waals surface area contributed by atoms with E-state index in [-0.39, 0.29) is 24.2 Å². The minimum atomic E-state index is -0.310. The molecule has 0 aliphatic carbocycles. The van der Waals surface area contributed by atoms with Crippen molar-refractivity contribution >= 4 is 11.9 Å². The van der Waals surface area contributed by atoms with Crippen LogP contribution in [0.4, 0.5) is 0 Å². The Hall–Kier alpha value is -1.69. The van der Waals surface area contributed by atoms with Crippen molar-refractivity contribution in [2.24, 2.45) is 5.92 Å². The van der Waals surface area contributed by atoms with Crippen LogP contribution in [0.25, 0.3) is 5.57 Å². The number of hydrogen-bond donors (Lipinski definition) is 0. The van der Waals surface area contributed by atoms with Crippen molar-refractivity contribution in [3.8, 4) is 0 Å². The summed E-state index contributed by atoms with van der Waals surface area (Å²) in [6.45, 7) is 13.3. The number of hydrogen-bond acceptors (Lipinski definition) is 5. The molecule has 0 saturated carbocycles. The van der Waals surface area contributed by atoms with Gasteiger partial charge in [0.2, 0.25) is 0 Å². The molecule has 1 aromatic carbocycles. The zero-order chi connectivity index (χ0) is 24.1. The van der Waals surface area contributed by atoms with Crippen molar-refractivity contribution in [2.45, 2.75) is 91.5 Å². The van der Waals surface area contributed by atoms with Crippen LogP contribution in [0.1, 0.15) is 89.1 Å². The Morgan fingerprint density at radius 3 is 2.27 bits per heavy atom. The average molecular weight is 461 g/mol. The second kappa shape index (κ2) is 15.3. The first-order valence-corrected chi connectivity index (χ1v) is 12.8. The molecule has 186 valence electrons. The number of unbranched alkanes of at least 4 members (excludes halogenated alkanes) is 3. The average Bonchev–Trinajstić information content (AvgIpc) is 2.84. The first-order valence-electron chi connectivity index (χ1n) is 12.8. The molecule has 1 aromatic rings. The highest BCUT2D eigenvalue weighted by molar-refractivity contribution is 5.85. The van der Waals surface area contributed by atoms with Crippen molar-refractivity contribution in [2.75, 3.05) is 26.4 Å². The molecule has 2 rings (SSSR count). The molecule has 1 heterocycles. The van der Waals surface area contributed by atoms with Gasteiger partial charge in [-0.1, -0.05) is 71.2 Å². The van der Waals surface area contributed by atoms with Crippen molar-refractivity contribution in [3.63, 3.8) is 0 Å². The van der Waals surface area contributed by atoms with Gasteiger partial charge in [-0.2, -0.15) is 0 Å². The number of ether oxygens (including phenoxy) is 4. The molecule has 33 heavy (non-hydrogen) atoms. The largest absolute Gasteiger partial charge is 0.489 e. The normalized spacial score (nSPS) is 24.4. The number of carbonyl (C=O) groups is 1. The predicted molar refractivity (Wildman–Crippen MR) is 133 cm³/mol. The Bertz CT molecular complexity index is 729. The lowest BCUT2D eigenvalue weighted by Gasteiger charge is -2.43. The van der Waals surface area contributed by atoms with Crippen LogP contribution in [0.15, 0.2) is 30.0 Å². The number of aldehydes is 1. The fourth-order valence-corrected chi connectivity index (χ4v) is 4.11. The Balaban J connectivity index is 2.43. The van der Waals surface area contributed by atoms with Gasteiger partial charge in [0.05, 0.1) is 12.7 Å². The van der Waals surface area contributed by atoms with E-state index < -0.39 is 0 Å². The topological polar surface area (TPSA) is 54.0 Å². The lowest BCUT2D eigenvalue weighted by molar-refractivity contribution is -0.170. The molecule has 4 atom stereocenters. The third kappa shape index (κ3) is 7.94. The van der Waals surface area contributed by atoms with Crippen LogP contribution in [-0.4, -0.2) is 51.0 Å². The van der Waals surface area contributed by atoms with E-state index in [9.17, 15) is 4.79 Å². The zero-order valence-corrected chi connectivity index (χ0v) is 21.3. The monoisotopic (exact) mass is 460 g/mol. The molecular formula is C28H44O5. The summed E-state index contributed by atoms with van der Waals surface area (Å²) in [4.78, 5) is 11.7. The zero-order valence-electron chi connectivity index (χ0n) is 21.3. The third-order valence-corrected chi connectivity index (χ3v) is 6.33. The highest BCUT2D eigenvalue weighted by Crippen LogP contribution is 2.37. The molecule has 0 bridgehead atoms. The van der Waals surface area contributed by atoms with E-state index in [2.05, 4.69) is 27.7 Å². The quantitative estimate of drug-likeness (QED) is 0.222. The van der Waals surface area contributed by atoms with Crippen LogP contribution in [0.5, 0.6) is 0 Å². The van der Waals surface area contributed by atoms with E-state index in [1.807, 2.05) is 31.2 Å². The van der Waals surface area contributed by atoms with Crippen molar-refractivity contribution in [1.82, 2.24) is 0 Å². The first kappa shape index (κ1) is 27.6. The summed E-state index contributed by atoms with van der Waals surface area (Å²) in [5.41, 5.74) is 2.45. The van der Waals surface area contributed by atoms with E-state index in [0.29, 0.717) is 25.4 Å². The molecule has 1 saturated heterocycles. The van der Waals surface area contributed by atoms with Gasteiger partial charge in [-0.05, 0) is 37.3 Å². The number of carbonyl (C=O) groups excluding carboxylic acids is 1. The van der Waals surface area contributed by atoms with Crippen molar-refractivity contribution < 1.29 is 23.7 Å². The summed E-state index contributed by atoms with van der Waals surface area (Å²) >= 11 is 0. The summed E-state index contributed by atoms with van der Waals surface area (Å²) < 4.78 is 25.4. The van der Waals surface area contributed by atoms with Gasteiger partial charge < -0.3 is 18.9 Å². The smallest absolute Gasteiger partial charge is 0.150 e. The van der Waals surface area contributed by atoms with Gasteiger partial charge in [0.15, 0.2) is 6.29 Å². The molecule has 0 unspecified atom stereocenters.